The van der Waals surface area contributed by atoms with Crippen LogP contribution in [0.5, 0.6) is 0 Å². The molecule has 2 heterocycles. The summed E-state index contributed by atoms with van der Waals surface area (Å²) in [7, 11) is 0. The van der Waals surface area contributed by atoms with Crippen molar-refractivity contribution in [2.24, 2.45) is 5.73 Å². The van der Waals surface area contributed by atoms with Crippen LogP contribution in [0, 0.1) is 11.3 Å². The van der Waals surface area contributed by atoms with Crippen LogP contribution in [0.2, 0.25) is 0 Å². The van der Waals surface area contributed by atoms with Crippen molar-refractivity contribution in [1.29, 1.82) is 5.26 Å². The van der Waals surface area contributed by atoms with Crippen LogP contribution in [0.25, 0.3) is 0 Å². The van der Waals surface area contributed by atoms with Crippen LogP contribution >= 0.6 is 0 Å². The highest BCUT2D eigenvalue weighted by atomic mass is 16.2. The van der Waals surface area contributed by atoms with E-state index in [-0.39, 0.29) is 0 Å². The van der Waals surface area contributed by atoms with E-state index in [1.54, 1.807) is 0 Å². The fourth-order valence-corrected chi connectivity index (χ4v) is 3.90. The normalized spacial score (nSPS) is 16.3. The van der Waals surface area contributed by atoms with Crippen LogP contribution in [0.15, 0.2) is 0 Å². The number of carbonyl (C=O) groups excluding carboxylic acids is 2. The van der Waals surface area contributed by atoms with E-state index >= 15 is 0 Å². The standard InChI is InChI=1S/C19H25N5O2/c1-2-3-7-16-14-6-4-5-13(14)15(12-20)18(22-16)23-8-10-24(11-9-23)19(26)17(21)25/h2-11H2,1H3,(H2,21,25). The van der Waals surface area contributed by atoms with Crippen LogP contribution in [0.1, 0.15) is 48.6 Å². The molecule has 138 valence electrons. The first kappa shape index (κ1) is 18.2. The highest BCUT2D eigenvalue weighted by Crippen LogP contribution is 2.33. The predicted molar refractivity (Wildman–Crippen MR) is 97.6 cm³/mol. The molecule has 1 aromatic rings. The van der Waals surface area contributed by atoms with Gasteiger partial charge in [0.15, 0.2) is 0 Å². The number of fused-ring (bicyclic) bond motifs is 1. The molecule has 0 bridgehead atoms. The molecule has 7 nitrogen and oxygen atoms in total. The maximum absolute atomic E-state index is 11.8. The number of carbonyl (C=O) groups is 2. The zero-order valence-electron chi connectivity index (χ0n) is 15.3. The third-order valence-corrected chi connectivity index (χ3v) is 5.29. The molecule has 1 aliphatic carbocycles. The molecule has 7 heteroatoms. The number of unbranched alkanes of at least 4 members (excludes halogenated alkanes) is 1. The number of nitrogens with zero attached hydrogens (tertiary/aromatic N) is 4. The van der Waals surface area contributed by atoms with Gasteiger partial charge in [-0.1, -0.05) is 13.3 Å². The molecule has 0 saturated carbocycles. The maximum atomic E-state index is 11.8. The zero-order valence-corrected chi connectivity index (χ0v) is 15.3. The van der Waals surface area contributed by atoms with Crippen molar-refractivity contribution in [3.8, 4) is 6.07 Å². The molecule has 0 spiro atoms. The van der Waals surface area contributed by atoms with E-state index in [1.807, 2.05) is 0 Å². The van der Waals surface area contributed by atoms with E-state index in [9.17, 15) is 14.9 Å². The lowest BCUT2D eigenvalue weighted by atomic mass is 10.00. The van der Waals surface area contributed by atoms with Gasteiger partial charge < -0.3 is 15.5 Å². The Kier molecular flexibility index (Phi) is 5.40. The first-order chi connectivity index (χ1) is 12.6. The second-order valence-corrected chi connectivity index (χ2v) is 6.93. The molecule has 0 aromatic carbocycles. The smallest absolute Gasteiger partial charge is 0.311 e. The average molecular weight is 355 g/mol. The van der Waals surface area contributed by atoms with Crippen LogP contribution < -0.4 is 10.6 Å². The van der Waals surface area contributed by atoms with E-state index in [1.165, 1.54) is 16.0 Å². The molecule has 3 rings (SSSR count). The van der Waals surface area contributed by atoms with Gasteiger partial charge in [-0.3, -0.25) is 9.59 Å². The molecule has 2 N–H and O–H groups in total. The maximum Gasteiger partial charge on any atom is 0.311 e. The van der Waals surface area contributed by atoms with Crippen LogP contribution in [0.3, 0.4) is 0 Å². The minimum absolute atomic E-state index is 0.412. The zero-order chi connectivity index (χ0) is 18.7. The van der Waals surface area contributed by atoms with Gasteiger partial charge in [-0.05, 0) is 43.2 Å². The van der Waals surface area contributed by atoms with Gasteiger partial charge in [-0.15, -0.1) is 0 Å². The molecule has 0 unspecified atom stereocenters. The number of primary amides is 1. The predicted octanol–water partition coefficient (Wildman–Crippen LogP) is 0.918. The molecule has 0 atom stereocenters. The number of aryl methyl sites for hydroxylation is 1. The highest BCUT2D eigenvalue weighted by molar-refractivity contribution is 6.34. The first-order valence-corrected chi connectivity index (χ1v) is 9.35. The van der Waals surface area contributed by atoms with Crippen molar-refractivity contribution in [3.63, 3.8) is 0 Å². The summed E-state index contributed by atoms with van der Waals surface area (Å²) in [4.78, 5) is 31.3. The lowest BCUT2D eigenvalue weighted by Crippen LogP contribution is -2.52. The van der Waals surface area contributed by atoms with Crippen LogP contribution in [0.4, 0.5) is 5.82 Å². The molecule has 26 heavy (non-hydrogen) atoms. The van der Waals surface area contributed by atoms with E-state index in [0.717, 1.165) is 50.0 Å². The van der Waals surface area contributed by atoms with Crippen molar-refractivity contribution < 1.29 is 9.59 Å². The Balaban J connectivity index is 1.87. The molecule has 1 aromatic heterocycles. The summed E-state index contributed by atoms with van der Waals surface area (Å²) in [6.07, 6.45) is 6.17. The van der Waals surface area contributed by atoms with E-state index in [0.29, 0.717) is 31.7 Å². The summed E-state index contributed by atoms with van der Waals surface area (Å²) in [6.45, 7) is 4.09. The molecular formula is C19H25N5O2. The highest BCUT2D eigenvalue weighted by Gasteiger charge is 2.29. The molecular weight excluding hydrogens is 330 g/mol. The van der Waals surface area contributed by atoms with Gasteiger partial charge in [0.2, 0.25) is 0 Å². The Morgan fingerprint density at radius 1 is 1.19 bits per heavy atom. The Hall–Kier alpha value is -2.62. The lowest BCUT2D eigenvalue weighted by Gasteiger charge is -2.35. The lowest BCUT2D eigenvalue weighted by molar-refractivity contribution is -0.144. The van der Waals surface area contributed by atoms with Gasteiger partial charge in [0.25, 0.3) is 0 Å². The summed E-state index contributed by atoms with van der Waals surface area (Å²) >= 11 is 0. The SMILES string of the molecule is CCCCc1nc(N2CCN(C(=O)C(N)=O)CC2)c(C#N)c2c1CCC2. The van der Waals surface area contributed by atoms with Gasteiger partial charge >= 0.3 is 11.8 Å². The minimum Gasteiger partial charge on any atom is -0.361 e. The van der Waals surface area contributed by atoms with Crippen molar-refractivity contribution >= 4 is 17.6 Å². The third-order valence-electron chi connectivity index (χ3n) is 5.29. The number of hydrogen-bond donors (Lipinski definition) is 1. The summed E-state index contributed by atoms with van der Waals surface area (Å²) in [5.74, 6) is -0.824. The number of piperazine rings is 1. The van der Waals surface area contributed by atoms with Gasteiger partial charge in [0.05, 0.1) is 5.56 Å². The Bertz CT molecular complexity index is 760. The number of nitrogens with two attached hydrogens (primary N) is 1. The van der Waals surface area contributed by atoms with Crippen molar-refractivity contribution in [2.45, 2.75) is 45.4 Å². The number of nitriles is 1. The number of amides is 2. The molecule has 0 radical (unpaired) electrons. The molecule has 2 amide bonds. The van der Waals surface area contributed by atoms with Crippen molar-refractivity contribution in [3.05, 3.63) is 22.4 Å². The Labute approximate surface area is 153 Å². The number of anilines is 1. The van der Waals surface area contributed by atoms with Gasteiger partial charge in [-0.2, -0.15) is 5.26 Å². The van der Waals surface area contributed by atoms with Crippen molar-refractivity contribution in [1.82, 2.24) is 9.88 Å². The monoisotopic (exact) mass is 355 g/mol. The Morgan fingerprint density at radius 3 is 2.50 bits per heavy atom. The number of pyridine rings is 1. The van der Waals surface area contributed by atoms with Crippen LogP contribution in [-0.4, -0.2) is 47.9 Å². The largest absolute Gasteiger partial charge is 0.361 e. The van der Waals surface area contributed by atoms with Crippen LogP contribution in [-0.2, 0) is 28.9 Å². The molecule has 2 aliphatic rings. The number of hydrogen-bond acceptors (Lipinski definition) is 5. The molecule has 1 aliphatic heterocycles. The molecule has 1 fully saturated rings. The summed E-state index contributed by atoms with van der Waals surface area (Å²) in [6, 6.07) is 2.37. The van der Waals surface area contributed by atoms with Gasteiger partial charge in [0.1, 0.15) is 11.9 Å². The Morgan fingerprint density at radius 2 is 1.88 bits per heavy atom. The van der Waals surface area contributed by atoms with E-state index < -0.39 is 11.8 Å². The first-order valence-electron chi connectivity index (χ1n) is 9.35. The fraction of sp³-hybridized carbons (Fsp3) is 0.579. The average Bonchev–Trinajstić information content (AvgIpc) is 3.15. The minimum atomic E-state index is -0.923. The summed E-state index contributed by atoms with van der Waals surface area (Å²) in [5, 5.41) is 9.75. The summed E-state index contributed by atoms with van der Waals surface area (Å²) < 4.78 is 0. The second kappa shape index (κ2) is 7.73. The topological polar surface area (TPSA) is 103 Å². The number of aromatic nitrogens is 1. The van der Waals surface area contributed by atoms with Crippen molar-refractivity contribution in [2.75, 3.05) is 31.1 Å². The summed E-state index contributed by atoms with van der Waals surface area (Å²) in [5.41, 5.74) is 9.35. The van der Waals surface area contributed by atoms with E-state index in [2.05, 4.69) is 17.9 Å². The quantitative estimate of drug-likeness (QED) is 0.809. The second-order valence-electron chi connectivity index (χ2n) is 6.93. The van der Waals surface area contributed by atoms with Gasteiger partial charge in [-0.25, -0.2) is 4.98 Å². The third kappa shape index (κ3) is 3.36. The fourth-order valence-electron chi connectivity index (χ4n) is 3.90. The number of rotatable bonds is 4. The van der Waals surface area contributed by atoms with E-state index in [4.69, 9.17) is 10.7 Å². The molecule has 1 saturated heterocycles. The van der Waals surface area contributed by atoms with Gasteiger partial charge in [0, 0.05) is 31.9 Å².